The van der Waals surface area contributed by atoms with Gasteiger partial charge >= 0.3 is 0 Å². The number of aliphatic hydroxyl groups excluding tert-OH is 1. The zero-order chi connectivity index (χ0) is 16.1. The van der Waals surface area contributed by atoms with Gasteiger partial charge in [0.1, 0.15) is 18.1 Å². The first-order valence-corrected chi connectivity index (χ1v) is 8.57. The number of benzene rings is 1. The normalized spacial score (nSPS) is 22.7. The lowest BCUT2D eigenvalue weighted by atomic mass is 9.62. The standard InChI is InChI=1S/C20H26O3/c1-22-18-8-5-16(6-9-18)20(11-3-2-4-12-20)17-7-10-19(15-17)23-14-13-21/h5-10,15,17,21H,2-4,11-14H2,1H3/t17-/m0/s1. The molecule has 0 aromatic heterocycles. The van der Waals surface area contributed by atoms with E-state index in [4.69, 9.17) is 14.6 Å². The van der Waals surface area contributed by atoms with Gasteiger partial charge in [0.15, 0.2) is 0 Å². The van der Waals surface area contributed by atoms with Gasteiger partial charge in [0.05, 0.1) is 13.7 Å². The van der Waals surface area contributed by atoms with Gasteiger partial charge in [-0.15, -0.1) is 0 Å². The van der Waals surface area contributed by atoms with E-state index in [0.717, 1.165) is 11.5 Å². The zero-order valence-corrected chi connectivity index (χ0v) is 13.8. The molecular weight excluding hydrogens is 288 g/mol. The third-order valence-electron chi connectivity index (χ3n) is 5.22. The number of hydrogen-bond donors (Lipinski definition) is 1. The largest absolute Gasteiger partial charge is 0.497 e. The molecule has 1 aromatic carbocycles. The highest BCUT2D eigenvalue weighted by Crippen LogP contribution is 2.48. The summed E-state index contributed by atoms with van der Waals surface area (Å²) in [5.74, 6) is 2.16. The number of ether oxygens (including phenoxy) is 2. The molecule has 1 fully saturated rings. The Morgan fingerprint density at radius 1 is 1.13 bits per heavy atom. The van der Waals surface area contributed by atoms with Crippen LogP contribution in [0.4, 0.5) is 0 Å². The molecular formula is C20H26O3. The van der Waals surface area contributed by atoms with Gasteiger partial charge in [-0.3, -0.25) is 0 Å². The summed E-state index contributed by atoms with van der Waals surface area (Å²) in [6, 6.07) is 8.57. The molecule has 0 unspecified atom stereocenters. The molecule has 2 aliphatic rings. The van der Waals surface area contributed by atoms with Crippen LogP contribution in [0.3, 0.4) is 0 Å². The summed E-state index contributed by atoms with van der Waals surface area (Å²) in [5, 5.41) is 8.93. The molecule has 0 radical (unpaired) electrons. The molecule has 0 bridgehead atoms. The van der Waals surface area contributed by atoms with Gasteiger partial charge in [-0.25, -0.2) is 0 Å². The van der Waals surface area contributed by atoms with Crippen molar-refractivity contribution >= 4 is 0 Å². The second-order valence-electron chi connectivity index (χ2n) is 6.47. The van der Waals surface area contributed by atoms with E-state index in [2.05, 4.69) is 42.5 Å². The minimum atomic E-state index is 0.0550. The maximum absolute atomic E-state index is 8.93. The van der Waals surface area contributed by atoms with Crippen LogP contribution >= 0.6 is 0 Å². The summed E-state index contributed by atoms with van der Waals surface area (Å²) in [6.07, 6.45) is 12.8. The topological polar surface area (TPSA) is 38.7 Å². The van der Waals surface area contributed by atoms with Gasteiger partial charge in [0, 0.05) is 11.3 Å². The molecule has 23 heavy (non-hydrogen) atoms. The molecule has 0 heterocycles. The number of allylic oxidation sites excluding steroid dienone is 3. The lowest BCUT2D eigenvalue weighted by Gasteiger charge is -2.41. The van der Waals surface area contributed by atoms with Crippen LogP contribution in [0.5, 0.6) is 5.75 Å². The average molecular weight is 314 g/mol. The number of hydrogen-bond acceptors (Lipinski definition) is 3. The van der Waals surface area contributed by atoms with Gasteiger partial charge in [-0.1, -0.05) is 37.5 Å². The molecule has 1 atom stereocenters. The van der Waals surface area contributed by atoms with Crippen molar-refractivity contribution in [3.63, 3.8) is 0 Å². The number of rotatable bonds is 6. The molecule has 0 amide bonds. The van der Waals surface area contributed by atoms with E-state index in [-0.39, 0.29) is 12.0 Å². The highest BCUT2D eigenvalue weighted by atomic mass is 16.5. The maximum atomic E-state index is 8.93. The minimum absolute atomic E-state index is 0.0550. The van der Waals surface area contributed by atoms with Crippen LogP contribution in [0.15, 0.2) is 48.3 Å². The molecule has 3 rings (SSSR count). The molecule has 1 aromatic rings. The molecule has 0 spiro atoms. The Morgan fingerprint density at radius 3 is 2.52 bits per heavy atom. The third kappa shape index (κ3) is 3.30. The van der Waals surface area contributed by atoms with E-state index in [0.29, 0.717) is 12.5 Å². The first kappa shape index (κ1) is 16.1. The van der Waals surface area contributed by atoms with Gasteiger partial charge in [0.2, 0.25) is 0 Å². The van der Waals surface area contributed by atoms with Crippen molar-refractivity contribution in [3.8, 4) is 5.75 Å². The van der Waals surface area contributed by atoms with E-state index in [9.17, 15) is 0 Å². The van der Waals surface area contributed by atoms with Crippen molar-refractivity contribution in [1.29, 1.82) is 0 Å². The van der Waals surface area contributed by atoms with Gasteiger partial charge in [-0.05, 0) is 42.7 Å². The first-order chi connectivity index (χ1) is 11.3. The van der Waals surface area contributed by atoms with Crippen molar-refractivity contribution in [3.05, 3.63) is 53.8 Å². The van der Waals surface area contributed by atoms with Crippen molar-refractivity contribution in [2.24, 2.45) is 5.92 Å². The Bertz CT molecular complexity index is 565. The fourth-order valence-electron chi connectivity index (χ4n) is 4.01. The van der Waals surface area contributed by atoms with Gasteiger partial charge in [-0.2, -0.15) is 0 Å². The molecule has 124 valence electrons. The zero-order valence-electron chi connectivity index (χ0n) is 13.8. The fraction of sp³-hybridized carbons (Fsp3) is 0.500. The predicted molar refractivity (Wildman–Crippen MR) is 91.5 cm³/mol. The molecule has 1 N–H and O–H groups in total. The van der Waals surface area contributed by atoms with Crippen LogP contribution in [-0.2, 0) is 10.2 Å². The first-order valence-electron chi connectivity index (χ1n) is 8.57. The van der Waals surface area contributed by atoms with E-state index in [1.165, 1.54) is 37.7 Å². The second kappa shape index (κ2) is 7.22. The predicted octanol–water partition coefficient (Wildman–Crippen LogP) is 3.98. The van der Waals surface area contributed by atoms with Crippen LogP contribution < -0.4 is 4.74 Å². The fourth-order valence-corrected chi connectivity index (χ4v) is 4.01. The summed E-state index contributed by atoms with van der Waals surface area (Å²) >= 11 is 0. The average Bonchev–Trinajstić information content (AvgIpc) is 3.10. The molecule has 3 nitrogen and oxygen atoms in total. The molecule has 0 saturated heterocycles. The summed E-state index contributed by atoms with van der Waals surface area (Å²) < 4.78 is 10.9. The summed E-state index contributed by atoms with van der Waals surface area (Å²) in [7, 11) is 1.71. The van der Waals surface area contributed by atoms with Crippen molar-refractivity contribution in [2.45, 2.75) is 37.5 Å². The van der Waals surface area contributed by atoms with Crippen molar-refractivity contribution in [2.75, 3.05) is 20.3 Å². The monoisotopic (exact) mass is 314 g/mol. The summed E-state index contributed by atoms with van der Waals surface area (Å²) in [4.78, 5) is 0. The van der Waals surface area contributed by atoms with Crippen molar-refractivity contribution in [1.82, 2.24) is 0 Å². The SMILES string of the molecule is COc1ccc(C2([C@H]3C=CC(OCCO)=C3)CCCCC2)cc1. The molecule has 1 saturated carbocycles. The van der Waals surface area contributed by atoms with Crippen LogP contribution in [0, 0.1) is 5.92 Å². The second-order valence-corrected chi connectivity index (χ2v) is 6.47. The highest BCUT2D eigenvalue weighted by molar-refractivity contribution is 5.39. The Kier molecular flexibility index (Phi) is 5.06. The number of aliphatic hydroxyl groups is 1. The molecule has 0 aliphatic heterocycles. The Hall–Kier alpha value is -1.74. The van der Waals surface area contributed by atoms with Gasteiger partial charge in [0.25, 0.3) is 0 Å². The Balaban J connectivity index is 1.88. The minimum Gasteiger partial charge on any atom is -0.497 e. The Labute approximate surface area is 138 Å². The van der Waals surface area contributed by atoms with E-state index >= 15 is 0 Å². The van der Waals surface area contributed by atoms with Crippen molar-refractivity contribution < 1.29 is 14.6 Å². The van der Waals surface area contributed by atoms with E-state index < -0.39 is 0 Å². The lowest BCUT2D eigenvalue weighted by molar-refractivity contribution is 0.151. The van der Waals surface area contributed by atoms with Crippen LogP contribution in [0.1, 0.15) is 37.7 Å². The molecule has 2 aliphatic carbocycles. The highest BCUT2D eigenvalue weighted by Gasteiger charge is 2.40. The van der Waals surface area contributed by atoms with Crippen LogP contribution in [-0.4, -0.2) is 25.4 Å². The molecule has 3 heteroatoms. The smallest absolute Gasteiger partial charge is 0.118 e. The maximum Gasteiger partial charge on any atom is 0.118 e. The van der Waals surface area contributed by atoms with Crippen LogP contribution in [0.2, 0.25) is 0 Å². The van der Waals surface area contributed by atoms with Crippen LogP contribution in [0.25, 0.3) is 0 Å². The van der Waals surface area contributed by atoms with Gasteiger partial charge < -0.3 is 14.6 Å². The lowest BCUT2D eigenvalue weighted by Crippen LogP contribution is -2.35. The quantitative estimate of drug-likeness (QED) is 0.863. The third-order valence-corrected chi connectivity index (χ3v) is 5.22. The summed E-state index contributed by atoms with van der Waals surface area (Å²) in [6.45, 7) is 0.415. The van der Waals surface area contributed by atoms with E-state index in [1.807, 2.05) is 0 Å². The Morgan fingerprint density at radius 2 is 1.87 bits per heavy atom. The van der Waals surface area contributed by atoms with E-state index in [1.54, 1.807) is 7.11 Å². The summed E-state index contributed by atoms with van der Waals surface area (Å²) in [5.41, 5.74) is 1.55. The number of methoxy groups -OCH3 is 1.